The van der Waals surface area contributed by atoms with E-state index in [1.165, 1.54) is 5.56 Å². The molecule has 104 valence electrons. The number of urea groups is 1. The normalized spacial score (nSPS) is 10.2. The van der Waals surface area contributed by atoms with E-state index in [9.17, 15) is 4.79 Å². The molecule has 0 atom stereocenters. The van der Waals surface area contributed by atoms with Gasteiger partial charge in [0.1, 0.15) is 0 Å². The zero-order chi connectivity index (χ0) is 14.7. The summed E-state index contributed by atoms with van der Waals surface area (Å²) in [6.45, 7) is 6.02. The maximum atomic E-state index is 12.1. The molecule has 0 fully saturated rings. The topological polar surface area (TPSA) is 41.1 Å². The van der Waals surface area contributed by atoms with Gasteiger partial charge in [-0.3, -0.25) is 0 Å². The quantitative estimate of drug-likeness (QED) is 0.697. The molecule has 0 aromatic heterocycles. The Morgan fingerprint density at radius 3 is 2.20 bits per heavy atom. The summed E-state index contributed by atoms with van der Waals surface area (Å²) in [6, 6.07) is 11.2. The van der Waals surface area contributed by atoms with Crippen LogP contribution >= 0.6 is 12.6 Å². The molecule has 20 heavy (non-hydrogen) atoms. The molecule has 0 aliphatic heterocycles. The fraction of sp³-hybridized carbons (Fsp3) is 0.188. The number of carbonyl (C=O) groups excluding carboxylic acids is 1. The van der Waals surface area contributed by atoms with Crippen LogP contribution in [0.25, 0.3) is 0 Å². The van der Waals surface area contributed by atoms with Gasteiger partial charge in [-0.15, -0.1) is 12.6 Å². The van der Waals surface area contributed by atoms with Crippen LogP contribution in [0.2, 0.25) is 0 Å². The summed E-state index contributed by atoms with van der Waals surface area (Å²) in [5, 5.41) is 5.70. The molecule has 2 amide bonds. The second-order valence-electron chi connectivity index (χ2n) is 4.87. The Morgan fingerprint density at radius 1 is 1.00 bits per heavy atom. The van der Waals surface area contributed by atoms with Crippen molar-refractivity contribution in [1.29, 1.82) is 0 Å². The van der Waals surface area contributed by atoms with Crippen LogP contribution in [0.15, 0.2) is 41.3 Å². The van der Waals surface area contributed by atoms with Crippen molar-refractivity contribution in [1.82, 2.24) is 0 Å². The lowest BCUT2D eigenvalue weighted by Crippen LogP contribution is -2.21. The number of rotatable bonds is 2. The molecule has 2 aromatic carbocycles. The Morgan fingerprint density at radius 2 is 1.60 bits per heavy atom. The van der Waals surface area contributed by atoms with E-state index >= 15 is 0 Å². The Balaban J connectivity index is 2.15. The van der Waals surface area contributed by atoms with Crippen molar-refractivity contribution in [3.8, 4) is 0 Å². The summed E-state index contributed by atoms with van der Waals surface area (Å²) in [7, 11) is 0. The Labute approximate surface area is 124 Å². The minimum atomic E-state index is -0.262. The smallest absolute Gasteiger partial charge is 0.307 e. The minimum Gasteiger partial charge on any atom is -0.307 e. The van der Waals surface area contributed by atoms with Crippen molar-refractivity contribution < 1.29 is 4.79 Å². The molecular formula is C16H18N2OS. The average Bonchev–Trinajstić information content (AvgIpc) is 2.36. The molecular weight excluding hydrogens is 268 g/mol. The predicted octanol–water partition coefficient (Wildman–Crippen LogP) is 4.54. The first-order chi connectivity index (χ1) is 9.47. The second kappa shape index (κ2) is 6.01. The molecule has 0 saturated carbocycles. The fourth-order valence-electron chi connectivity index (χ4n) is 2.22. The number of carbonyl (C=O) groups is 1. The largest absolute Gasteiger partial charge is 0.323 e. The van der Waals surface area contributed by atoms with Crippen LogP contribution in [-0.2, 0) is 0 Å². The van der Waals surface area contributed by atoms with Crippen LogP contribution in [0.5, 0.6) is 0 Å². The third-order valence-electron chi connectivity index (χ3n) is 3.07. The summed E-state index contributed by atoms with van der Waals surface area (Å²) < 4.78 is 0. The van der Waals surface area contributed by atoms with E-state index in [0.717, 1.165) is 21.7 Å². The van der Waals surface area contributed by atoms with E-state index in [1.807, 2.05) is 45.0 Å². The first-order valence-electron chi connectivity index (χ1n) is 6.41. The molecule has 3 nitrogen and oxygen atoms in total. The van der Waals surface area contributed by atoms with Crippen molar-refractivity contribution in [3.05, 3.63) is 53.1 Å². The van der Waals surface area contributed by atoms with Crippen LogP contribution in [0, 0.1) is 20.8 Å². The van der Waals surface area contributed by atoms with Gasteiger partial charge in [0.2, 0.25) is 0 Å². The van der Waals surface area contributed by atoms with Crippen molar-refractivity contribution in [2.24, 2.45) is 0 Å². The number of para-hydroxylation sites is 1. The minimum absolute atomic E-state index is 0.262. The molecule has 0 radical (unpaired) electrons. The van der Waals surface area contributed by atoms with E-state index in [0.29, 0.717) is 5.69 Å². The van der Waals surface area contributed by atoms with E-state index in [2.05, 4.69) is 35.4 Å². The molecule has 2 N–H and O–H groups in total. The van der Waals surface area contributed by atoms with Crippen LogP contribution in [0.3, 0.4) is 0 Å². The van der Waals surface area contributed by atoms with Gasteiger partial charge in [0.15, 0.2) is 0 Å². The summed E-state index contributed by atoms with van der Waals surface area (Å²) >= 11 is 4.31. The highest BCUT2D eigenvalue weighted by Gasteiger charge is 2.09. The van der Waals surface area contributed by atoms with Gasteiger partial charge >= 0.3 is 6.03 Å². The average molecular weight is 286 g/mol. The highest BCUT2D eigenvalue weighted by Crippen LogP contribution is 2.23. The Bertz CT molecular complexity index is 630. The highest BCUT2D eigenvalue weighted by atomic mass is 32.1. The standard InChI is InChI=1S/C16H18N2OS/c1-10-8-11(2)15(12(3)9-10)18-16(19)17-13-6-4-5-7-14(13)20/h4-9,20H,1-3H3,(H2,17,18,19). The molecule has 0 unspecified atom stereocenters. The maximum absolute atomic E-state index is 12.1. The monoisotopic (exact) mass is 286 g/mol. The van der Waals surface area contributed by atoms with Crippen molar-refractivity contribution in [2.45, 2.75) is 25.7 Å². The lowest BCUT2D eigenvalue weighted by Gasteiger charge is -2.14. The molecule has 4 heteroatoms. The molecule has 0 heterocycles. The van der Waals surface area contributed by atoms with Crippen LogP contribution in [0.4, 0.5) is 16.2 Å². The first kappa shape index (κ1) is 14.5. The number of amides is 2. The SMILES string of the molecule is Cc1cc(C)c(NC(=O)Nc2ccccc2S)c(C)c1. The molecule has 0 saturated heterocycles. The van der Waals surface area contributed by atoms with Crippen molar-refractivity contribution >= 4 is 30.0 Å². The van der Waals surface area contributed by atoms with Gasteiger partial charge in [-0.2, -0.15) is 0 Å². The lowest BCUT2D eigenvalue weighted by atomic mass is 10.1. The van der Waals surface area contributed by atoms with Crippen LogP contribution in [0.1, 0.15) is 16.7 Å². The van der Waals surface area contributed by atoms with Crippen LogP contribution < -0.4 is 10.6 Å². The third-order valence-corrected chi connectivity index (χ3v) is 3.46. The Hall–Kier alpha value is -1.94. The zero-order valence-electron chi connectivity index (χ0n) is 11.8. The fourth-order valence-corrected chi connectivity index (χ4v) is 2.44. The first-order valence-corrected chi connectivity index (χ1v) is 6.86. The van der Waals surface area contributed by atoms with Crippen molar-refractivity contribution in [3.63, 3.8) is 0 Å². The van der Waals surface area contributed by atoms with Gasteiger partial charge in [-0.1, -0.05) is 29.8 Å². The molecule has 2 rings (SSSR count). The zero-order valence-corrected chi connectivity index (χ0v) is 12.7. The van der Waals surface area contributed by atoms with E-state index in [1.54, 1.807) is 0 Å². The number of anilines is 2. The number of hydrogen-bond donors (Lipinski definition) is 3. The van der Waals surface area contributed by atoms with Gasteiger partial charge in [0, 0.05) is 10.6 Å². The van der Waals surface area contributed by atoms with E-state index in [4.69, 9.17) is 0 Å². The van der Waals surface area contributed by atoms with Gasteiger partial charge in [-0.25, -0.2) is 4.79 Å². The number of benzene rings is 2. The number of hydrogen-bond acceptors (Lipinski definition) is 2. The highest BCUT2D eigenvalue weighted by molar-refractivity contribution is 7.80. The number of aryl methyl sites for hydroxylation is 3. The predicted molar refractivity (Wildman–Crippen MR) is 87.0 cm³/mol. The number of nitrogens with one attached hydrogen (secondary N) is 2. The van der Waals surface area contributed by atoms with E-state index < -0.39 is 0 Å². The molecule has 2 aromatic rings. The molecule has 0 spiro atoms. The number of thiol groups is 1. The van der Waals surface area contributed by atoms with E-state index in [-0.39, 0.29) is 6.03 Å². The van der Waals surface area contributed by atoms with Gasteiger partial charge in [0.05, 0.1) is 5.69 Å². The molecule has 0 aliphatic carbocycles. The van der Waals surface area contributed by atoms with Crippen LogP contribution in [-0.4, -0.2) is 6.03 Å². The third kappa shape index (κ3) is 3.33. The lowest BCUT2D eigenvalue weighted by molar-refractivity contribution is 0.262. The maximum Gasteiger partial charge on any atom is 0.323 e. The van der Waals surface area contributed by atoms with Gasteiger partial charge in [-0.05, 0) is 44.0 Å². The van der Waals surface area contributed by atoms with Gasteiger partial charge < -0.3 is 10.6 Å². The molecule has 0 aliphatic rings. The van der Waals surface area contributed by atoms with Gasteiger partial charge in [0.25, 0.3) is 0 Å². The van der Waals surface area contributed by atoms with Crippen molar-refractivity contribution in [2.75, 3.05) is 10.6 Å². The molecule has 0 bridgehead atoms. The Kier molecular flexibility index (Phi) is 4.35. The summed E-state index contributed by atoms with van der Waals surface area (Å²) in [5.41, 5.74) is 4.83. The second-order valence-corrected chi connectivity index (χ2v) is 5.35. The summed E-state index contributed by atoms with van der Waals surface area (Å²) in [5.74, 6) is 0. The summed E-state index contributed by atoms with van der Waals surface area (Å²) in [4.78, 5) is 12.8. The summed E-state index contributed by atoms with van der Waals surface area (Å²) in [6.07, 6.45) is 0.